The molecule has 0 atom stereocenters. The average molecular weight is 372 g/mol. The number of carbonyl (C=O) groups is 1. The number of halogens is 1. The summed E-state index contributed by atoms with van der Waals surface area (Å²) in [4.78, 5) is 13.3. The second-order valence-corrected chi connectivity index (χ2v) is 6.69. The van der Waals surface area contributed by atoms with Crippen molar-refractivity contribution < 1.29 is 4.79 Å². The SMILES string of the molecule is O=C(CSc1ccccc1)Nc1ccc(Br)c2ccccc12. The highest BCUT2D eigenvalue weighted by molar-refractivity contribution is 9.10. The Labute approximate surface area is 142 Å². The van der Waals surface area contributed by atoms with Gasteiger partial charge in [0, 0.05) is 20.4 Å². The lowest BCUT2D eigenvalue weighted by atomic mass is 10.1. The van der Waals surface area contributed by atoms with E-state index in [1.807, 2.05) is 66.7 Å². The third-order valence-electron chi connectivity index (χ3n) is 3.26. The first-order valence-corrected chi connectivity index (χ1v) is 8.67. The number of hydrogen-bond acceptors (Lipinski definition) is 2. The number of hydrogen-bond donors (Lipinski definition) is 1. The fourth-order valence-electron chi connectivity index (χ4n) is 2.22. The van der Waals surface area contributed by atoms with Crippen LogP contribution in [0.2, 0.25) is 0 Å². The van der Waals surface area contributed by atoms with E-state index in [4.69, 9.17) is 0 Å². The van der Waals surface area contributed by atoms with Crippen LogP contribution >= 0.6 is 27.7 Å². The minimum absolute atomic E-state index is 0.00123. The molecule has 0 aromatic heterocycles. The topological polar surface area (TPSA) is 29.1 Å². The average Bonchev–Trinajstić information content (AvgIpc) is 2.57. The van der Waals surface area contributed by atoms with Crippen LogP contribution in [0.5, 0.6) is 0 Å². The molecule has 4 heteroatoms. The molecule has 1 N–H and O–H groups in total. The highest BCUT2D eigenvalue weighted by Gasteiger charge is 2.08. The molecule has 0 heterocycles. The van der Waals surface area contributed by atoms with E-state index < -0.39 is 0 Å². The molecular weight excluding hydrogens is 358 g/mol. The lowest BCUT2D eigenvalue weighted by molar-refractivity contribution is -0.113. The predicted molar refractivity (Wildman–Crippen MR) is 97.4 cm³/mol. The molecule has 0 saturated heterocycles. The van der Waals surface area contributed by atoms with E-state index in [0.29, 0.717) is 5.75 Å². The van der Waals surface area contributed by atoms with Crippen molar-refractivity contribution in [3.63, 3.8) is 0 Å². The monoisotopic (exact) mass is 371 g/mol. The van der Waals surface area contributed by atoms with Crippen LogP contribution in [0.4, 0.5) is 5.69 Å². The van der Waals surface area contributed by atoms with E-state index in [2.05, 4.69) is 21.2 Å². The van der Waals surface area contributed by atoms with Crippen molar-refractivity contribution in [3.05, 3.63) is 71.2 Å². The maximum absolute atomic E-state index is 12.2. The highest BCUT2D eigenvalue weighted by Crippen LogP contribution is 2.30. The summed E-state index contributed by atoms with van der Waals surface area (Å²) in [5.74, 6) is 0.398. The van der Waals surface area contributed by atoms with Crippen LogP contribution in [0, 0.1) is 0 Å². The van der Waals surface area contributed by atoms with Crippen LogP contribution in [0.3, 0.4) is 0 Å². The van der Waals surface area contributed by atoms with E-state index in [9.17, 15) is 4.79 Å². The van der Waals surface area contributed by atoms with Gasteiger partial charge in [-0.1, -0.05) is 58.4 Å². The van der Waals surface area contributed by atoms with E-state index in [1.165, 1.54) is 11.8 Å². The van der Waals surface area contributed by atoms with Crippen molar-refractivity contribution in [1.82, 2.24) is 0 Å². The standard InChI is InChI=1S/C18H14BrNOS/c19-16-10-11-17(15-9-5-4-8-14(15)16)20-18(21)12-22-13-6-2-1-3-7-13/h1-11H,12H2,(H,20,21). The molecule has 0 fully saturated rings. The largest absolute Gasteiger partial charge is 0.325 e. The number of thioether (sulfide) groups is 1. The molecule has 2 nitrogen and oxygen atoms in total. The second-order valence-electron chi connectivity index (χ2n) is 4.79. The molecule has 3 aromatic rings. The Morgan fingerprint density at radius 3 is 2.36 bits per heavy atom. The molecule has 3 aromatic carbocycles. The minimum Gasteiger partial charge on any atom is -0.325 e. The van der Waals surface area contributed by atoms with Crippen molar-refractivity contribution in [2.75, 3.05) is 11.1 Å². The molecular formula is C18H14BrNOS. The lowest BCUT2D eigenvalue weighted by Gasteiger charge is -2.10. The number of benzene rings is 3. The van der Waals surface area contributed by atoms with E-state index in [1.54, 1.807) is 0 Å². The van der Waals surface area contributed by atoms with Crippen molar-refractivity contribution in [2.24, 2.45) is 0 Å². The zero-order valence-electron chi connectivity index (χ0n) is 11.8. The molecule has 0 radical (unpaired) electrons. The maximum atomic E-state index is 12.2. The predicted octanol–water partition coefficient (Wildman–Crippen LogP) is 5.33. The lowest BCUT2D eigenvalue weighted by Crippen LogP contribution is -2.14. The Morgan fingerprint density at radius 2 is 1.59 bits per heavy atom. The third-order valence-corrected chi connectivity index (χ3v) is 4.96. The number of fused-ring (bicyclic) bond motifs is 1. The smallest absolute Gasteiger partial charge is 0.234 e. The number of amides is 1. The van der Waals surface area contributed by atoms with Gasteiger partial charge in [0.05, 0.1) is 5.75 Å². The first-order valence-electron chi connectivity index (χ1n) is 6.89. The van der Waals surface area contributed by atoms with Crippen LogP contribution in [0.1, 0.15) is 0 Å². The molecule has 0 aliphatic carbocycles. The molecule has 3 rings (SSSR count). The number of nitrogens with one attached hydrogen (secondary N) is 1. The first kappa shape index (κ1) is 15.1. The van der Waals surface area contributed by atoms with Crippen LogP contribution in [0.25, 0.3) is 10.8 Å². The van der Waals surface area contributed by atoms with Gasteiger partial charge in [0.15, 0.2) is 0 Å². The van der Waals surface area contributed by atoms with Crippen LogP contribution in [0.15, 0.2) is 76.1 Å². The Morgan fingerprint density at radius 1 is 0.909 bits per heavy atom. The summed E-state index contributed by atoms with van der Waals surface area (Å²) in [5.41, 5.74) is 0.845. The molecule has 1 amide bonds. The van der Waals surface area contributed by atoms with Gasteiger partial charge in [-0.25, -0.2) is 0 Å². The highest BCUT2D eigenvalue weighted by atomic mass is 79.9. The van der Waals surface area contributed by atoms with Gasteiger partial charge in [0.2, 0.25) is 5.91 Å². The summed E-state index contributed by atoms with van der Waals surface area (Å²) < 4.78 is 1.03. The molecule has 0 spiro atoms. The van der Waals surface area contributed by atoms with Gasteiger partial charge in [-0.3, -0.25) is 4.79 Å². The molecule has 22 heavy (non-hydrogen) atoms. The molecule has 0 aliphatic rings. The minimum atomic E-state index is 0.00123. The van der Waals surface area contributed by atoms with Crippen LogP contribution < -0.4 is 5.32 Å². The second kappa shape index (κ2) is 6.99. The van der Waals surface area contributed by atoms with Crippen LogP contribution in [-0.4, -0.2) is 11.7 Å². The van der Waals surface area contributed by atoms with Crippen molar-refractivity contribution in [2.45, 2.75) is 4.90 Å². The van der Waals surface area contributed by atoms with Gasteiger partial charge in [-0.2, -0.15) is 0 Å². The Kier molecular flexibility index (Phi) is 4.80. The van der Waals surface area contributed by atoms with E-state index in [0.717, 1.165) is 25.8 Å². The maximum Gasteiger partial charge on any atom is 0.234 e. The third kappa shape index (κ3) is 3.51. The zero-order chi connectivity index (χ0) is 15.4. The summed E-state index contributed by atoms with van der Waals surface area (Å²) in [7, 11) is 0. The fourth-order valence-corrected chi connectivity index (χ4v) is 3.42. The quantitative estimate of drug-likeness (QED) is 0.627. The van der Waals surface area contributed by atoms with Crippen molar-refractivity contribution >= 4 is 50.1 Å². The summed E-state index contributed by atoms with van der Waals surface area (Å²) in [6.45, 7) is 0. The molecule has 0 aliphatic heterocycles. The molecule has 0 bridgehead atoms. The molecule has 110 valence electrons. The zero-order valence-corrected chi connectivity index (χ0v) is 14.2. The Balaban J connectivity index is 1.73. The Hall–Kier alpha value is -1.78. The normalized spacial score (nSPS) is 10.6. The van der Waals surface area contributed by atoms with Crippen LogP contribution in [-0.2, 0) is 4.79 Å². The summed E-state index contributed by atoms with van der Waals surface area (Å²) in [6, 6.07) is 21.8. The number of carbonyl (C=O) groups excluding carboxylic acids is 1. The van der Waals surface area contributed by atoms with Gasteiger partial charge in [-0.05, 0) is 29.7 Å². The fraction of sp³-hybridized carbons (Fsp3) is 0.0556. The Bertz CT molecular complexity index is 805. The number of rotatable bonds is 4. The van der Waals surface area contributed by atoms with E-state index >= 15 is 0 Å². The molecule has 0 saturated carbocycles. The van der Waals surface area contributed by atoms with Gasteiger partial charge < -0.3 is 5.32 Å². The van der Waals surface area contributed by atoms with Gasteiger partial charge in [0.25, 0.3) is 0 Å². The van der Waals surface area contributed by atoms with Gasteiger partial charge in [0.1, 0.15) is 0 Å². The summed E-state index contributed by atoms with van der Waals surface area (Å²) in [5, 5.41) is 5.13. The van der Waals surface area contributed by atoms with Crippen molar-refractivity contribution in [1.29, 1.82) is 0 Å². The summed E-state index contributed by atoms with van der Waals surface area (Å²) >= 11 is 5.08. The van der Waals surface area contributed by atoms with Gasteiger partial charge >= 0.3 is 0 Å². The number of anilines is 1. The van der Waals surface area contributed by atoms with Crippen molar-refractivity contribution in [3.8, 4) is 0 Å². The first-order chi connectivity index (χ1) is 10.7. The molecule has 0 unspecified atom stereocenters. The van der Waals surface area contributed by atoms with E-state index in [-0.39, 0.29) is 5.91 Å². The van der Waals surface area contributed by atoms with Gasteiger partial charge in [-0.15, -0.1) is 11.8 Å². The summed E-state index contributed by atoms with van der Waals surface area (Å²) in [6.07, 6.45) is 0.